The number of aryl methyl sites for hydroxylation is 3. The normalized spacial score (nSPS) is 10.6. The molecule has 3 rings (SSSR count). The summed E-state index contributed by atoms with van der Waals surface area (Å²) in [5.41, 5.74) is 2.85. The van der Waals surface area contributed by atoms with Gasteiger partial charge in [-0.25, -0.2) is 0 Å². The fourth-order valence-corrected chi connectivity index (χ4v) is 2.75. The van der Waals surface area contributed by atoms with Crippen LogP contribution in [-0.4, -0.2) is 31.4 Å². The smallest absolute Gasteiger partial charge is 0.273 e. The average Bonchev–Trinajstić information content (AvgIpc) is 3.28. The number of amides is 2. The predicted octanol–water partition coefficient (Wildman–Crippen LogP) is 2.93. The first-order valence-corrected chi connectivity index (χ1v) is 8.80. The van der Waals surface area contributed by atoms with Gasteiger partial charge in [0.1, 0.15) is 5.69 Å². The quantitative estimate of drug-likeness (QED) is 0.701. The molecule has 0 unspecified atom stereocenters. The summed E-state index contributed by atoms with van der Waals surface area (Å²) < 4.78 is 3.34. The molecule has 3 aromatic rings. The number of rotatable bonds is 6. The third-order valence-corrected chi connectivity index (χ3v) is 4.14. The second kappa shape index (κ2) is 7.86. The Bertz CT molecular complexity index is 972. The van der Waals surface area contributed by atoms with Gasteiger partial charge in [0.25, 0.3) is 11.8 Å². The van der Waals surface area contributed by atoms with Crippen LogP contribution < -0.4 is 10.6 Å². The molecular weight excluding hydrogens is 344 g/mol. The van der Waals surface area contributed by atoms with E-state index < -0.39 is 0 Å². The molecule has 1 aromatic carbocycles. The highest BCUT2D eigenvalue weighted by atomic mass is 16.2. The summed E-state index contributed by atoms with van der Waals surface area (Å²) >= 11 is 0. The highest BCUT2D eigenvalue weighted by Gasteiger charge is 2.14. The summed E-state index contributed by atoms with van der Waals surface area (Å²) in [7, 11) is 0. The summed E-state index contributed by atoms with van der Waals surface area (Å²) in [5.74, 6) is -0.488. The van der Waals surface area contributed by atoms with Gasteiger partial charge in [-0.3, -0.25) is 19.0 Å². The summed E-state index contributed by atoms with van der Waals surface area (Å²) in [6.07, 6.45) is 3.32. The van der Waals surface area contributed by atoms with E-state index in [1.165, 1.54) is 0 Å². The summed E-state index contributed by atoms with van der Waals surface area (Å²) in [6.45, 7) is 6.99. The van der Waals surface area contributed by atoms with Crippen molar-refractivity contribution in [2.75, 3.05) is 10.6 Å². The van der Waals surface area contributed by atoms with E-state index in [1.807, 2.05) is 13.8 Å². The van der Waals surface area contributed by atoms with E-state index in [1.54, 1.807) is 59.0 Å². The van der Waals surface area contributed by atoms with E-state index >= 15 is 0 Å². The molecule has 0 atom stereocenters. The molecule has 27 heavy (non-hydrogen) atoms. The molecule has 0 saturated heterocycles. The number of carbonyl (C=O) groups excluding carboxylic acids is 2. The van der Waals surface area contributed by atoms with Gasteiger partial charge in [0.15, 0.2) is 0 Å². The van der Waals surface area contributed by atoms with Crippen LogP contribution in [0.3, 0.4) is 0 Å². The van der Waals surface area contributed by atoms with Crippen LogP contribution in [-0.2, 0) is 13.1 Å². The van der Waals surface area contributed by atoms with Crippen LogP contribution >= 0.6 is 0 Å². The van der Waals surface area contributed by atoms with Crippen molar-refractivity contribution >= 4 is 23.2 Å². The van der Waals surface area contributed by atoms with Crippen LogP contribution in [0.25, 0.3) is 0 Å². The topological polar surface area (TPSA) is 93.8 Å². The Hall–Kier alpha value is -3.42. The second-order valence-corrected chi connectivity index (χ2v) is 6.01. The van der Waals surface area contributed by atoms with Crippen molar-refractivity contribution in [3.63, 3.8) is 0 Å². The third-order valence-electron chi connectivity index (χ3n) is 4.14. The largest absolute Gasteiger partial charge is 0.322 e. The van der Waals surface area contributed by atoms with Crippen LogP contribution in [0.2, 0.25) is 0 Å². The van der Waals surface area contributed by atoms with Crippen molar-refractivity contribution < 1.29 is 9.59 Å². The zero-order valence-electron chi connectivity index (χ0n) is 15.6. The minimum atomic E-state index is -0.252. The number of hydrogen-bond acceptors (Lipinski definition) is 4. The molecule has 8 nitrogen and oxygen atoms in total. The van der Waals surface area contributed by atoms with Gasteiger partial charge in [-0.1, -0.05) is 6.07 Å². The fraction of sp³-hybridized carbons (Fsp3) is 0.263. The molecule has 0 fully saturated rings. The summed E-state index contributed by atoms with van der Waals surface area (Å²) in [4.78, 5) is 24.9. The van der Waals surface area contributed by atoms with Crippen molar-refractivity contribution in [1.29, 1.82) is 0 Å². The van der Waals surface area contributed by atoms with Crippen molar-refractivity contribution in [2.45, 2.75) is 33.9 Å². The van der Waals surface area contributed by atoms with Gasteiger partial charge in [0.05, 0.1) is 11.3 Å². The number of carbonyl (C=O) groups is 2. The Balaban J connectivity index is 1.72. The molecule has 0 radical (unpaired) electrons. The minimum Gasteiger partial charge on any atom is -0.322 e. The molecule has 8 heteroatoms. The lowest BCUT2D eigenvalue weighted by molar-refractivity contribution is 0.101. The maximum Gasteiger partial charge on any atom is 0.273 e. The zero-order chi connectivity index (χ0) is 19.4. The van der Waals surface area contributed by atoms with E-state index in [-0.39, 0.29) is 11.8 Å². The van der Waals surface area contributed by atoms with E-state index in [0.717, 1.165) is 0 Å². The van der Waals surface area contributed by atoms with Crippen LogP contribution in [0.1, 0.15) is 40.4 Å². The lowest BCUT2D eigenvalue weighted by Gasteiger charge is -2.09. The van der Waals surface area contributed by atoms with E-state index in [0.29, 0.717) is 41.4 Å². The van der Waals surface area contributed by atoms with Crippen LogP contribution in [0.4, 0.5) is 11.4 Å². The van der Waals surface area contributed by atoms with Crippen molar-refractivity contribution in [1.82, 2.24) is 19.6 Å². The molecule has 0 saturated carbocycles. The Morgan fingerprint density at radius 2 is 1.74 bits per heavy atom. The Kier molecular flexibility index (Phi) is 5.35. The number of nitrogens with one attached hydrogen (secondary N) is 2. The molecule has 0 aliphatic heterocycles. The molecule has 2 amide bonds. The summed E-state index contributed by atoms with van der Waals surface area (Å²) in [6, 6.07) is 8.68. The van der Waals surface area contributed by atoms with Gasteiger partial charge in [0, 0.05) is 36.9 Å². The highest BCUT2D eigenvalue weighted by molar-refractivity contribution is 6.06. The number of nitrogens with zero attached hydrogens (tertiary/aromatic N) is 4. The molecule has 2 aromatic heterocycles. The highest BCUT2D eigenvalue weighted by Crippen LogP contribution is 2.18. The van der Waals surface area contributed by atoms with E-state index in [2.05, 4.69) is 20.8 Å². The van der Waals surface area contributed by atoms with E-state index in [9.17, 15) is 9.59 Å². The second-order valence-electron chi connectivity index (χ2n) is 6.01. The van der Waals surface area contributed by atoms with Gasteiger partial charge >= 0.3 is 0 Å². The van der Waals surface area contributed by atoms with E-state index in [4.69, 9.17) is 0 Å². The van der Waals surface area contributed by atoms with Crippen LogP contribution in [0.15, 0.2) is 42.7 Å². The van der Waals surface area contributed by atoms with Gasteiger partial charge in [-0.2, -0.15) is 10.2 Å². The fourth-order valence-electron chi connectivity index (χ4n) is 2.75. The van der Waals surface area contributed by atoms with Gasteiger partial charge < -0.3 is 10.6 Å². The number of anilines is 2. The first-order valence-electron chi connectivity index (χ1n) is 8.80. The lowest BCUT2D eigenvalue weighted by atomic mass is 10.2. The van der Waals surface area contributed by atoms with Crippen LogP contribution in [0, 0.1) is 6.92 Å². The summed E-state index contributed by atoms with van der Waals surface area (Å²) in [5, 5.41) is 14.1. The third kappa shape index (κ3) is 4.05. The lowest BCUT2D eigenvalue weighted by Crippen LogP contribution is -2.17. The number of hydrogen-bond donors (Lipinski definition) is 2. The maximum absolute atomic E-state index is 12.5. The van der Waals surface area contributed by atoms with Gasteiger partial charge in [-0.05, 0) is 45.0 Å². The molecule has 0 spiro atoms. The number of aromatic nitrogens is 4. The first-order chi connectivity index (χ1) is 13.0. The zero-order valence-corrected chi connectivity index (χ0v) is 15.6. The van der Waals surface area contributed by atoms with Crippen molar-refractivity contribution in [3.05, 3.63) is 59.7 Å². The molecule has 140 valence electrons. The number of benzene rings is 1. The van der Waals surface area contributed by atoms with Crippen molar-refractivity contribution in [3.8, 4) is 0 Å². The van der Waals surface area contributed by atoms with Gasteiger partial charge in [-0.15, -0.1) is 0 Å². The maximum atomic E-state index is 12.5. The average molecular weight is 366 g/mol. The minimum absolute atomic E-state index is 0.236. The van der Waals surface area contributed by atoms with Crippen LogP contribution in [0.5, 0.6) is 0 Å². The Morgan fingerprint density at radius 3 is 2.37 bits per heavy atom. The molecular formula is C19H22N6O2. The molecule has 0 aliphatic rings. The Morgan fingerprint density at radius 1 is 1.04 bits per heavy atom. The van der Waals surface area contributed by atoms with Crippen molar-refractivity contribution in [2.24, 2.45) is 0 Å². The standard InChI is InChI=1S/C19H22N6O2/c1-4-24-12-16(13(3)23-24)18(26)21-14-7-6-8-15(11-14)22-19(27)17-9-10-20-25(17)5-2/h6-12H,4-5H2,1-3H3,(H,21,26)(H,22,27). The Labute approximate surface area is 157 Å². The molecule has 2 heterocycles. The predicted molar refractivity (Wildman–Crippen MR) is 103 cm³/mol. The monoisotopic (exact) mass is 366 g/mol. The first kappa shape index (κ1) is 18.4. The molecule has 0 aliphatic carbocycles. The van der Waals surface area contributed by atoms with Gasteiger partial charge in [0.2, 0.25) is 0 Å². The molecule has 0 bridgehead atoms. The molecule has 2 N–H and O–H groups in total. The SMILES string of the molecule is CCn1cc(C(=O)Nc2cccc(NC(=O)c3ccnn3CC)c2)c(C)n1.